The van der Waals surface area contributed by atoms with Crippen LogP contribution >= 0.6 is 0 Å². The largest absolute Gasteiger partial charge is 0.377 e. The summed E-state index contributed by atoms with van der Waals surface area (Å²) in [7, 11) is 0. The average molecular weight is 286 g/mol. The molecular formula is C16H22N4O. The van der Waals surface area contributed by atoms with Crippen molar-refractivity contribution in [2.24, 2.45) is 0 Å². The number of hydrogen-bond donors (Lipinski definition) is 1. The van der Waals surface area contributed by atoms with Crippen LogP contribution in [0.25, 0.3) is 10.9 Å². The highest BCUT2D eigenvalue weighted by molar-refractivity contribution is 5.90. The number of nitrogens with zero attached hydrogens (tertiary/aromatic N) is 3. The van der Waals surface area contributed by atoms with Gasteiger partial charge in [0.05, 0.1) is 24.8 Å². The maximum absolute atomic E-state index is 5.54. The first-order valence-corrected chi connectivity index (χ1v) is 7.64. The van der Waals surface area contributed by atoms with Crippen molar-refractivity contribution in [3.05, 3.63) is 24.3 Å². The molecule has 1 saturated heterocycles. The first-order chi connectivity index (χ1) is 10.3. The van der Waals surface area contributed by atoms with Crippen LogP contribution in [0.2, 0.25) is 0 Å². The number of nitrogens with one attached hydrogen (secondary N) is 1. The number of aromatic nitrogens is 2. The van der Waals surface area contributed by atoms with Crippen LogP contribution in [0.1, 0.15) is 20.3 Å². The van der Waals surface area contributed by atoms with Gasteiger partial charge < -0.3 is 15.0 Å². The van der Waals surface area contributed by atoms with Crippen molar-refractivity contribution >= 4 is 22.7 Å². The van der Waals surface area contributed by atoms with Crippen LogP contribution < -0.4 is 10.2 Å². The van der Waals surface area contributed by atoms with Gasteiger partial charge in [0, 0.05) is 18.5 Å². The van der Waals surface area contributed by atoms with Crippen LogP contribution in [0.5, 0.6) is 0 Å². The Bertz CT molecular complexity index is 616. The van der Waals surface area contributed by atoms with E-state index in [4.69, 9.17) is 9.72 Å². The maximum Gasteiger partial charge on any atom is 0.225 e. The lowest BCUT2D eigenvalue weighted by molar-refractivity contribution is 0.0987. The molecule has 0 bridgehead atoms. The lowest BCUT2D eigenvalue weighted by Crippen LogP contribution is -2.44. The Labute approximate surface area is 125 Å². The smallest absolute Gasteiger partial charge is 0.225 e. The van der Waals surface area contributed by atoms with E-state index in [-0.39, 0.29) is 0 Å². The van der Waals surface area contributed by atoms with Crippen LogP contribution in [0.3, 0.4) is 0 Å². The van der Waals surface area contributed by atoms with Crippen LogP contribution in [-0.4, -0.2) is 42.3 Å². The van der Waals surface area contributed by atoms with E-state index >= 15 is 0 Å². The second kappa shape index (κ2) is 6.26. The van der Waals surface area contributed by atoms with Crippen LogP contribution in [0.4, 0.5) is 11.8 Å². The molecule has 0 aliphatic carbocycles. The van der Waals surface area contributed by atoms with Gasteiger partial charge in [-0.2, -0.15) is 4.98 Å². The van der Waals surface area contributed by atoms with E-state index < -0.39 is 0 Å². The number of anilines is 2. The van der Waals surface area contributed by atoms with Gasteiger partial charge in [-0.3, -0.25) is 0 Å². The fourth-order valence-electron chi connectivity index (χ4n) is 2.64. The molecule has 1 atom stereocenters. The molecular weight excluding hydrogens is 264 g/mol. The predicted molar refractivity (Wildman–Crippen MR) is 85.9 cm³/mol. The zero-order valence-electron chi connectivity index (χ0n) is 12.7. The Balaban J connectivity index is 2.05. The topological polar surface area (TPSA) is 50.3 Å². The molecule has 1 N–H and O–H groups in total. The SMILES string of the molecule is CCCNc1nc(N2CCOCC2C)c2ccccc2n1. The standard InChI is InChI=1S/C16H22N4O/c1-3-8-17-16-18-14-7-5-4-6-13(14)15(19-16)20-9-10-21-11-12(20)2/h4-7,12H,3,8-11H2,1-2H3,(H,17,18,19). The van der Waals surface area contributed by atoms with E-state index in [0.717, 1.165) is 49.4 Å². The summed E-state index contributed by atoms with van der Waals surface area (Å²) in [6.07, 6.45) is 1.06. The summed E-state index contributed by atoms with van der Waals surface area (Å²) in [4.78, 5) is 11.7. The van der Waals surface area contributed by atoms with E-state index in [2.05, 4.69) is 35.1 Å². The normalized spacial score (nSPS) is 19.0. The number of hydrogen-bond acceptors (Lipinski definition) is 5. The van der Waals surface area contributed by atoms with Gasteiger partial charge in [0.1, 0.15) is 5.82 Å². The number of morpholine rings is 1. The second-order valence-corrected chi connectivity index (χ2v) is 5.43. The molecule has 1 aliphatic heterocycles. The molecule has 0 amide bonds. The molecule has 1 aliphatic rings. The minimum Gasteiger partial charge on any atom is -0.377 e. The summed E-state index contributed by atoms with van der Waals surface area (Å²) in [5, 5.41) is 4.41. The minimum absolute atomic E-state index is 0.330. The second-order valence-electron chi connectivity index (χ2n) is 5.43. The van der Waals surface area contributed by atoms with Crippen molar-refractivity contribution < 1.29 is 4.74 Å². The highest BCUT2D eigenvalue weighted by atomic mass is 16.5. The maximum atomic E-state index is 5.54. The fraction of sp³-hybridized carbons (Fsp3) is 0.500. The zero-order chi connectivity index (χ0) is 14.7. The summed E-state index contributed by atoms with van der Waals surface area (Å²) in [6.45, 7) is 7.57. The number of ether oxygens (including phenoxy) is 1. The predicted octanol–water partition coefficient (Wildman–Crippen LogP) is 2.68. The van der Waals surface area contributed by atoms with Crippen molar-refractivity contribution in [1.29, 1.82) is 0 Å². The van der Waals surface area contributed by atoms with Gasteiger partial charge >= 0.3 is 0 Å². The van der Waals surface area contributed by atoms with Gasteiger partial charge in [-0.1, -0.05) is 19.1 Å². The molecule has 1 aromatic carbocycles. The fourth-order valence-corrected chi connectivity index (χ4v) is 2.64. The van der Waals surface area contributed by atoms with Crippen LogP contribution in [0, 0.1) is 0 Å². The minimum atomic E-state index is 0.330. The van der Waals surface area contributed by atoms with Crippen molar-refractivity contribution in [1.82, 2.24) is 9.97 Å². The van der Waals surface area contributed by atoms with Crippen molar-refractivity contribution in [2.75, 3.05) is 36.5 Å². The van der Waals surface area contributed by atoms with Crippen LogP contribution in [-0.2, 0) is 4.74 Å². The zero-order valence-corrected chi connectivity index (χ0v) is 12.7. The molecule has 3 rings (SSSR count). The van der Waals surface area contributed by atoms with E-state index in [1.807, 2.05) is 18.2 Å². The lowest BCUT2D eigenvalue weighted by Gasteiger charge is -2.35. The Morgan fingerprint density at radius 2 is 2.19 bits per heavy atom. The molecule has 2 aromatic rings. The van der Waals surface area contributed by atoms with Crippen LogP contribution in [0.15, 0.2) is 24.3 Å². The summed E-state index contributed by atoms with van der Waals surface area (Å²) in [5.74, 6) is 1.72. The van der Waals surface area contributed by atoms with Crippen molar-refractivity contribution in [3.63, 3.8) is 0 Å². The molecule has 112 valence electrons. The Morgan fingerprint density at radius 3 is 3.00 bits per heavy atom. The summed E-state index contributed by atoms with van der Waals surface area (Å²) in [6, 6.07) is 8.53. The third kappa shape index (κ3) is 2.93. The summed E-state index contributed by atoms with van der Waals surface area (Å²) < 4.78 is 5.54. The lowest BCUT2D eigenvalue weighted by atomic mass is 10.2. The highest BCUT2D eigenvalue weighted by Gasteiger charge is 2.22. The van der Waals surface area contributed by atoms with E-state index in [1.54, 1.807) is 0 Å². The highest BCUT2D eigenvalue weighted by Crippen LogP contribution is 2.27. The molecule has 21 heavy (non-hydrogen) atoms. The molecule has 1 unspecified atom stereocenters. The van der Waals surface area contributed by atoms with Gasteiger partial charge in [-0.05, 0) is 25.5 Å². The Morgan fingerprint density at radius 1 is 1.33 bits per heavy atom. The number of benzene rings is 1. The van der Waals surface area contributed by atoms with Crippen molar-refractivity contribution in [2.45, 2.75) is 26.3 Å². The van der Waals surface area contributed by atoms with Gasteiger partial charge in [-0.15, -0.1) is 0 Å². The van der Waals surface area contributed by atoms with Gasteiger partial charge in [0.2, 0.25) is 5.95 Å². The van der Waals surface area contributed by atoms with Gasteiger partial charge in [-0.25, -0.2) is 4.98 Å². The first-order valence-electron chi connectivity index (χ1n) is 7.64. The Hall–Kier alpha value is -1.88. The molecule has 5 nitrogen and oxygen atoms in total. The molecule has 5 heteroatoms. The number of rotatable bonds is 4. The molecule has 2 heterocycles. The van der Waals surface area contributed by atoms with E-state index in [1.165, 1.54) is 0 Å². The molecule has 0 radical (unpaired) electrons. The average Bonchev–Trinajstić information content (AvgIpc) is 2.52. The summed E-state index contributed by atoms with van der Waals surface area (Å²) in [5.41, 5.74) is 0.986. The molecule has 1 fully saturated rings. The van der Waals surface area contributed by atoms with Gasteiger partial charge in [0.25, 0.3) is 0 Å². The van der Waals surface area contributed by atoms with Gasteiger partial charge in [0.15, 0.2) is 0 Å². The number of para-hydroxylation sites is 1. The molecule has 0 spiro atoms. The molecule has 0 saturated carbocycles. The third-order valence-electron chi connectivity index (χ3n) is 3.76. The van der Waals surface area contributed by atoms with Crippen molar-refractivity contribution in [3.8, 4) is 0 Å². The summed E-state index contributed by atoms with van der Waals surface area (Å²) >= 11 is 0. The monoisotopic (exact) mass is 286 g/mol. The quantitative estimate of drug-likeness (QED) is 0.936. The third-order valence-corrected chi connectivity index (χ3v) is 3.76. The first kappa shape index (κ1) is 14.1. The van der Waals surface area contributed by atoms with E-state index in [0.29, 0.717) is 12.0 Å². The Kier molecular flexibility index (Phi) is 4.20. The van der Waals surface area contributed by atoms with E-state index in [9.17, 15) is 0 Å². The molecule has 1 aromatic heterocycles. The number of fused-ring (bicyclic) bond motifs is 1.